The Morgan fingerprint density at radius 1 is 1.00 bits per heavy atom. The lowest BCUT2D eigenvalue weighted by molar-refractivity contribution is 0.589. The molecule has 0 unspecified atom stereocenters. The molecule has 3 aromatic rings. The standard InChI is InChI=1S/C22H26N4O/c1-17-16-20(24-12-10-23-11-13-24)8-9-21(17)26-15-14-25(22(26)27)18(2)19-6-4-3-5-7-19/h3-9,14-16,18,23H,10-13H2,1-2H3/t18-/m1/s1. The maximum Gasteiger partial charge on any atom is 0.333 e. The monoisotopic (exact) mass is 362 g/mol. The third-order valence-corrected chi connectivity index (χ3v) is 5.42. The fraction of sp³-hybridized carbons (Fsp3) is 0.318. The molecule has 1 saturated heterocycles. The summed E-state index contributed by atoms with van der Waals surface area (Å²) in [5, 5.41) is 3.38. The van der Waals surface area contributed by atoms with Crippen molar-refractivity contribution >= 4 is 5.69 Å². The smallest absolute Gasteiger partial charge is 0.333 e. The Hall–Kier alpha value is -2.79. The van der Waals surface area contributed by atoms with Gasteiger partial charge in [-0.2, -0.15) is 0 Å². The Morgan fingerprint density at radius 2 is 1.74 bits per heavy atom. The van der Waals surface area contributed by atoms with Gasteiger partial charge >= 0.3 is 5.69 Å². The fourth-order valence-electron chi connectivity index (χ4n) is 3.79. The maximum atomic E-state index is 13.0. The summed E-state index contributed by atoms with van der Waals surface area (Å²) in [6.07, 6.45) is 3.75. The number of hydrogen-bond donors (Lipinski definition) is 1. The average molecular weight is 362 g/mol. The zero-order valence-corrected chi connectivity index (χ0v) is 15.9. The van der Waals surface area contributed by atoms with Crippen molar-refractivity contribution in [2.75, 3.05) is 31.1 Å². The normalized spacial score (nSPS) is 15.7. The van der Waals surface area contributed by atoms with Crippen molar-refractivity contribution in [1.82, 2.24) is 14.5 Å². The first kappa shape index (κ1) is 17.6. The number of nitrogens with one attached hydrogen (secondary N) is 1. The summed E-state index contributed by atoms with van der Waals surface area (Å²) in [7, 11) is 0. The Balaban J connectivity index is 1.64. The number of rotatable bonds is 4. The van der Waals surface area contributed by atoms with Crippen LogP contribution in [0, 0.1) is 6.92 Å². The van der Waals surface area contributed by atoms with Gasteiger partial charge in [0.2, 0.25) is 0 Å². The van der Waals surface area contributed by atoms with Crippen LogP contribution in [0.2, 0.25) is 0 Å². The second-order valence-corrected chi connectivity index (χ2v) is 7.15. The summed E-state index contributed by atoms with van der Waals surface area (Å²) in [6.45, 7) is 8.20. The topological polar surface area (TPSA) is 42.2 Å². The van der Waals surface area contributed by atoms with Crippen molar-refractivity contribution in [2.24, 2.45) is 0 Å². The molecule has 0 radical (unpaired) electrons. The molecule has 0 saturated carbocycles. The van der Waals surface area contributed by atoms with Crippen LogP contribution in [0.1, 0.15) is 24.1 Å². The maximum absolute atomic E-state index is 13.0. The molecule has 1 aliphatic rings. The molecular formula is C22H26N4O. The number of aryl methyl sites for hydroxylation is 1. The van der Waals surface area contributed by atoms with E-state index in [0.29, 0.717) is 0 Å². The highest BCUT2D eigenvalue weighted by molar-refractivity contribution is 5.55. The predicted molar refractivity (Wildman–Crippen MR) is 110 cm³/mol. The van der Waals surface area contributed by atoms with E-state index in [1.54, 1.807) is 9.13 Å². The lowest BCUT2D eigenvalue weighted by atomic mass is 10.1. The molecule has 1 aliphatic heterocycles. The van der Waals surface area contributed by atoms with Gasteiger partial charge in [0.05, 0.1) is 11.7 Å². The van der Waals surface area contributed by atoms with Crippen molar-refractivity contribution in [3.63, 3.8) is 0 Å². The number of imidazole rings is 1. The first-order valence-corrected chi connectivity index (χ1v) is 9.56. The SMILES string of the molecule is Cc1cc(N2CCNCC2)ccc1-n1ccn([C@H](C)c2ccccc2)c1=O. The van der Waals surface area contributed by atoms with Crippen LogP contribution in [0.5, 0.6) is 0 Å². The second kappa shape index (κ2) is 7.45. The summed E-state index contributed by atoms with van der Waals surface area (Å²) in [6, 6.07) is 16.5. The molecule has 0 aliphatic carbocycles. The third kappa shape index (κ3) is 3.43. The molecule has 0 amide bonds. The molecule has 0 spiro atoms. The molecule has 1 fully saturated rings. The Bertz CT molecular complexity index is 967. The first-order valence-electron chi connectivity index (χ1n) is 9.56. The van der Waals surface area contributed by atoms with Crippen LogP contribution in [0.25, 0.3) is 5.69 Å². The van der Waals surface area contributed by atoms with E-state index in [1.165, 1.54) is 5.69 Å². The van der Waals surface area contributed by atoms with E-state index in [4.69, 9.17) is 0 Å². The molecule has 5 heteroatoms. The summed E-state index contributed by atoms with van der Waals surface area (Å²) >= 11 is 0. The molecule has 140 valence electrons. The molecule has 1 atom stereocenters. The molecule has 5 nitrogen and oxygen atoms in total. The van der Waals surface area contributed by atoms with Crippen molar-refractivity contribution in [1.29, 1.82) is 0 Å². The second-order valence-electron chi connectivity index (χ2n) is 7.15. The molecule has 1 N–H and O–H groups in total. The van der Waals surface area contributed by atoms with Crippen LogP contribution in [-0.2, 0) is 0 Å². The molecule has 0 bridgehead atoms. The number of aromatic nitrogens is 2. The van der Waals surface area contributed by atoms with Gasteiger partial charge in [-0.15, -0.1) is 0 Å². The highest BCUT2D eigenvalue weighted by atomic mass is 16.1. The van der Waals surface area contributed by atoms with E-state index in [0.717, 1.165) is 43.0 Å². The Labute approximate surface area is 159 Å². The molecule has 2 aromatic carbocycles. The number of anilines is 1. The molecule has 2 heterocycles. The van der Waals surface area contributed by atoms with Gasteiger partial charge in [0, 0.05) is 44.3 Å². The van der Waals surface area contributed by atoms with E-state index < -0.39 is 0 Å². The lowest BCUT2D eigenvalue weighted by Crippen LogP contribution is -2.43. The minimum absolute atomic E-state index is 0.000351. The molecule has 4 rings (SSSR count). The zero-order valence-electron chi connectivity index (χ0n) is 15.9. The van der Waals surface area contributed by atoms with Gasteiger partial charge in [-0.05, 0) is 43.2 Å². The quantitative estimate of drug-likeness (QED) is 0.776. The third-order valence-electron chi connectivity index (χ3n) is 5.42. The Morgan fingerprint density at radius 3 is 2.44 bits per heavy atom. The molecule has 1 aromatic heterocycles. The number of piperazine rings is 1. The largest absolute Gasteiger partial charge is 0.369 e. The van der Waals surface area contributed by atoms with E-state index in [2.05, 4.69) is 54.4 Å². The lowest BCUT2D eigenvalue weighted by Gasteiger charge is -2.30. The van der Waals surface area contributed by atoms with Crippen LogP contribution >= 0.6 is 0 Å². The number of benzene rings is 2. The first-order chi connectivity index (χ1) is 13.1. The minimum atomic E-state index is -0.00984. The summed E-state index contributed by atoms with van der Waals surface area (Å²) in [5.41, 5.74) is 4.39. The average Bonchev–Trinajstić information content (AvgIpc) is 3.10. The predicted octanol–water partition coefficient (Wildman–Crippen LogP) is 2.97. The molecular weight excluding hydrogens is 336 g/mol. The number of nitrogens with zero attached hydrogens (tertiary/aromatic N) is 3. The summed E-state index contributed by atoms with van der Waals surface area (Å²) < 4.78 is 3.54. The van der Waals surface area contributed by atoms with Gasteiger partial charge in [0.25, 0.3) is 0 Å². The van der Waals surface area contributed by atoms with Gasteiger partial charge < -0.3 is 10.2 Å². The van der Waals surface area contributed by atoms with Crippen LogP contribution in [0.4, 0.5) is 5.69 Å². The Kier molecular flexibility index (Phi) is 4.86. The minimum Gasteiger partial charge on any atom is -0.369 e. The van der Waals surface area contributed by atoms with Crippen molar-refractivity contribution in [3.8, 4) is 5.69 Å². The van der Waals surface area contributed by atoms with Gasteiger partial charge in [0.15, 0.2) is 0 Å². The van der Waals surface area contributed by atoms with E-state index >= 15 is 0 Å². The highest BCUT2D eigenvalue weighted by Gasteiger charge is 2.15. The van der Waals surface area contributed by atoms with Crippen LogP contribution in [-0.4, -0.2) is 35.3 Å². The van der Waals surface area contributed by atoms with E-state index in [-0.39, 0.29) is 11.7 Å². The number of hydrogen-bond acceptors (Lipinski definition) is 3. The van der Waals surface area contributed by atoms with Gasteiger partial charge in [-0.3, -0.25) is 9.13 Å². The van der Waals surface area contributed by atoms with Crippen molar-refractivity contribution in [3.05, 3.63) is 82.5 Å². The van der Waals surface area contributed by atoms with Gasteiger partial charge in [-0.1, -0.05) is 30.3 Å². The van der Waals surface area contributed by atoms with E-state index in [1.807, 2.05) is 30.6 Å². The zero-order chi connectivity index (χ0) is 18.8. The van der Waals surface area contributed by atoms with Crippen molar-refractivity contribution < 1.29 is 0 Å². The van der Waals surface area contributed by atoms with Crippen molar-refractivity contribution in [2.45, 2.75) is 19.9 Å². The molecule has 27 heavy (non-hydrogen) atoms. The van der Waals surface area contributed by atoms with E-state index in [9.17, 15) is 4.79 Å². The highest BCUT2D eigenvalue weighted by Crippen LogP contribution is 2.22. The van der Waals surface area contributed by atoms with Crippen LogP contribution in [0.15, 0.2) is 65.7 Å². The fourth-order valence-corrected chi connectivity index (χ4v) is 3.79. The van der Waals surface area contributed by atoms with Gasteiger partial charge in [0.1, 0.15) is 0 Å². The van der Waals surface area contributed by atoms with Crippen LogP contribution in [0.3, 0.4) is 0 Å². The summed E-state index contributed by atoms with van der Waals surface area (Å²) in [5.74, 6) is 0. The van der Waals surface area contributed by atoms with Crippen LogP contribution < -0.4 is 15.9 Å². The summed E-state index contributed by atoms with van der Waals surface area (Å²) in [4.78, 5) is 15.4. The van der Waals surface area contributed by atoms with Gasteiger partial charge in [-0.25, -0.2) is 4.79 Å².